The first kappa shape index (κ1) is 22.9. The van der Waals surface area contributed by atoms with Crippen LogP contribution in [-0.2, 0) is 16.0 Å². The Kier molecular flexibility index (Phi) is 6.42. The number of anilines is 1. The van der Waals surface area contributed by atoms with Gasteiger partial charge in [-0.3, -0.25) is 9.59 Å². The van der Waals surface area contributed by atoms with Gasteiger partial charge in [0.2, 0.25) is 5.91 Å². The van der Waals surface area contributed by atoms with Gasteiger partial charge in [-0.05, 0) is 49.7 Å². The topological polar surface area (TPSA) is 80.1 Å². The molecule has 0 bridgehead atoms. The molecule has 3 aromatic rings. The first-order valence-electron chi connectivity index (χ1n) is 10.8. The lowest BCUT2D eigenvalue weighted by molar-refractivity contribution is -0.132. The summed E-state index contributed by atoms with van der Waals surface area (Å²) in [6, 6.07) is 11.1. The molecule has 172 valence electrons. The number of fused-ring (bicyclic) bond motifs is 1. The van der Waals surface area contributed by atoms with Crippen LogP contribution in [0.1, 0.15) is 23.6 Å². The van der Waals surface area contributed by atoms with Gasteiger partial charge in [0.1, 0.15) is 11.3 Å². The van der Waals surface area contributed by atoms with Gasteiger partial charge in [0.05, 0.1) is 12.0 Å². The predicted octanol–water partition coefficient (Wildman–Crippen LogP) is 3.88. The first-order chi connectivity index (χ1) is 15.7. The summed E-state index contributed by atoms with van der Waals surface area (Å²) >= 11 is 6.09. The predicted molar refractivity (Wildman–Crippen MR) is 127 cm³/mol. The second-order valence-electron chi connectivity index (χ2n) is 8.18. The quantitative estimate of drug-likeness (QED) is 0.328. The van der Waals surface area contributed by atoms with Crippen LogP contribution in [0.2, 0.25) is 5.02 Å². The largest absolute Gasteiger partial charge is 0.426 e. The molecule has 1 aromatic heterocycles. The molecule has 0 unspecified atom stereocenters. The molecular weight excluding hydrogens is 444 g/mol. The number of carbonyl (C=O) groups is 2. The second kappa shape index (κ2) is 9.27. The Morgan fingerprint density at radius 1 is 1.06 bits per heavy atom. The third-order valence-corrected chi connectivity index (χ3v) is 6.28. The van der Waals surface area contributed by atoms with Crippen molar-refractivity contribution < 1.29 is 18.7 Å². The highest BCUT2D eigenvalue weighted by molar-refractivity contribution is 6.30. The third-order valence-electron chi connectivity index (χ3n) is 6.04. The minimum Gasteiger partial charge on any atom is -0.426 e. The maximum Gasteiger partial charge on any atom is 0.340 e. The zero-order chi connectivity index (χ0) is 23.7. The number of esters is 1. The molecule has 0 spiro atoms. The van der Waals surface area contributed by atoms with Gasteiger partial charge in [0, 0.05) is 54.8 Å². The van der Waals surface area contributed by atoms with Crippen molar-refractivity contribution >= 4 is 40.1 Å². The van der Waals surface area contributed by atoms with Crippen molar-refractivity contribution in [1.82, 2.24) is 4.90 Å². The Labute approximate surface area is 196 Å². The minimum atomic E-state index is -0.547. The van der Waals surface area contributed by atoms with Gasteiger partial charge in [-0.1, -0.05) is 17.7 Å². The molecule has 0 radical (unpaired) electrons. The summed E-state index contributed by atoms with van der Waals surface area (Å²) in [5.41, 5.74) is 2.47. The molecule has 2 aromatic carbocycles. The second-order valence-corrected chi connectivity index (χ2v) is 8.61. The van der Waals surface area contributed by atoms with E-state index in [1.165, 1.54) is 6.92 Å². The maximum atomic E-state index is 13.0. The number of hydrogen-bond donors (Lipinski definition) is 0. The van der Waals surface area contributed by atoms with Crippen LogP contribution in [0.15, 0.2) is 45.6 Å². The summed E-state index contributed by atoms with van der Waals surface area (Å²) in [6.45, 7) is 7.36. The van der Waals surface area contributed by atoms with E-state index in [9.17, 15) is 14.4 Å². The Morgan fingerprint density at radius 2 is 1.79 bits per heavy atom. The van der Waals surface area contributed by atoms with Gasteiger partial charge in [-0.2, -0.15) is 0 Å². The third kappa shape index (κ3) is 4.73. The molecule has 0 N–H and O–H groups in total. The van der Waals surface area contributed by atoms with E-state index in [2.05, 4.69) is 4.90 Å². The summed E-state index contributed by atoms with van der Waals surface area (Å²) in [5.74, 6) is -0.211. The summed E-state index contributed by atoms with van der Waals surface area (Å²) in [5, 5.41) is 1.40. The lowest BCUT2D eigenvalue weighted by Gasteiger charge is -2.36. The number of nitrogens with zero attached hydrogens (tertiary/aromatic N) is 2. The molecule has 2 heterocycles. The zero-order valence-corrected chi connectivity index (χ0v) is 19.6. The number of benzene rings is 2. The van der Waals surface area contributed by atoms with Crippen LogP contribution >= 0.6 is 11.6 Å². The van der Waals surface area contributed by atoms with Crippen molar-refractivity contribution in [3.8, 4) is 5.75 Å². The highest BCUT2D eigenvalue weighted by atomic mass is 35.5. The van der Waals surface area contributed by atoms with Crippen LogP contribution in [0.4, 0.5) is 5.69 Å². The van der Waals surface area contributed by atoms with Gasteiger partial charge in [0.15, 0.2) is 0 Å². The highest BCUT2D eigenvalue weighted by Crippen LogP contribution is 2.30. The lowest BCUT2D eigenvalue weighted by Crippen LogP contribution is -2.49. The van der Waals surface area contributed by atoms with Gasteiger partial charge < -0.3 is 19.0 Å². The molecule has 0 aliphatic carbocycles. The fraction of sp³-hybridized carbons (Fsp3) is 0.320. The van der Waals surface area contributed by atoms with Crippen LogP contribution in [0.5, 0.6) is 5.75 Å². The van der Waals surface area contributed by atoms with E-state index < -0.39 is 11.6 Å². The Bertz CT molecular complexity index is 1290. The number of amides is 1. The first-order valence-corrected chi connectivity index (χ1v) is 11.1. The van der Waals surface area contributed by atoms with Gasteiger partial charge in [-0.15, -0.1) is 0 Å². The number of halogens is 1. The van der Waals surface area contributed by atoms with E-state index >= 15 is 0 Å². The SMILES string of the molecule is CC(=O)Oc1ccc2c(C)c(CC(=O)N3CCN(c4cccc(Cl)c4)CC3)c(=O)oc2c1C. The van der Waals surface area contributed by atoms with Crippen LogP contribution in [0.25, 0.3) is 11.0 Å². The Morgan fingerprint density at radius 3 is 2.45 bits per heavy atom. The number of aryl methyl sites for hydroxylation is 2. The number of ether oxygens (including phenoxy) is 1. The molecule has 1 saturated heterocycles. The molecule has 4 rings (SSSR count). The highest BCUT2D eigenvalue weighted by Gasteiger charge is 2.24. The number of carbonyl (C=O) groups excluding carboxylic acids is 2. The fourth-order valence-corrected chi connectivity index (χ4v) is 4.37. The van der Waals surface area contributed by atoms with E-state index in [1.54, 1.807) is 24.0 Å². The van der Waals surface area contributed by atoms with Crippen molar-refractivity contribution in [2.24, 2.45) is 0 Å². The molecule has 8 heteroatoms. The van der Waals surface area contributed by atoms with E-state index in [0.717, 1.165) is 11.1 Å². The van der Waals surface area contributed by atoms with Crippen LogP contribution in [-0.4, -0.2) is 43.0 Å². The molecule has 1 aliphatic rings. The molecule has 7 nitrogen and oxygen atoms in total. The van der Waals surface area contributed by atoms with Crippen molar-refractivity contribution in [3.63, 3.8) is 0 Å². The van der Waals surface area contributed by atoms with Crippen LogP contribution in [0, 0.1) is 13.8 Å². The minimum absolute atomic E-state index is 0.0218. The number of piperazine rings is 1. The van der Waals surface area contributed by atoms with Crippen molar-refractivity contribution in [3.05, 3.63) is 68.5 Å². The molecule has 1 amide bonds. The normalized spacial score (nSPS) is 13.9. The average molecular weight is 469 g/mol. The van der Waals surface area contributed by atoms with Crippen LogP contribution < -0.4 is 15.3 Å². The summed E-state index contributed by atoms with van der Waals surface area (Å²) < 4.78 is 10.7. The molecule has 0 saturated carbocycles. The van der Waals surface area contributed by atoms with E-state index in [1.807, 2.05) is 31.2 Å². The van der Waals surface area contributed by atoms with E-state index in [0.29, 0.717) is 59.2 Å². The molecule has 33 heavy (non-hydrogen) atoms. The summed E-state index contributed by atoms with van der Waals surface area (Å²) in [6.07, 6.45) is -0.0218. The van der Waals surface area contributed by atoms with E-state index in [4.69, 9.17) is 20.8 Å². The van der Waals surface area contributed by atoms with Gasteiger partial charge in [0.25, 0.3) is 0 Å². The average Bonchev–Trinajstić information content (AvgIpc) is 2.78. The molecule has 1 aliphatic heterocycles. The number of rotatable bonds is 4. The van der Waals surface area contributed by atoms with Crippen molar-refractivity contribution in [1.29, 1.82) is 0 Å². The maximum absolute atomic E-state index is 13.0. The zero-order valence-electron chi connectivity index (χ0n) is 18.8. The smallest absolute Gasteiger partial charge is 0.340 e. The Hall–Kier alpha value is -3.32. The monoisotopic (exact) mass is 468 g/mol. The lowest BCUT2D eigenvalue weighted by atomic mass is 10.0. The molecular formula is C25H25ClN2O5. The summed E-state index contributed by atoms with van der Waals surface area (Å²) in [7, 11) is 0. The molecule has 1 fully saturated rings. The Balaban J connectivity index is 1.51. The number of hydrogen-bond acceptors (Lipinski definition) is 6. The fourth-order valence-electron chi connectivity index (χ4n) is 4.19. The summed E-state index contributed by atoms with van der Waals surface area (Å²) in [4.78, 5) is 41.0. The molecule has 0 atom stereocenters. The van der Waals surface area contributed by atoms with Crippen molar-refractivity contribution in [2.45, 2.75) is 27.2 Å². The van der Waals surface area contributed by atoms with Gasteiger partial charge in [-0.25, -0.2) is 4.79 Å². The van der Waals surface area contributed by atoms with Crippen molar-refractivity contribution in [2.75, 3.05) is 31.1 Å². The van der Waals surface area contributed by atoms with E-state index in [-0.39, 0.29) is 12.3 Å². The van der Waals surface area contributed by atoms with Crippen LogP contribution in [0.3, 0.4) is 0 Å². The van der Waals surface area contributed by atoms with Gasteiger partial charge >= 0.3 is 11.6 Å². The standard InChI is InChI=1S/C25H25ClN2O5/c1-15-20-7-8-22(32-17(3)29)16(2)24(20)33-25(31)21(15)14-23(30)28-11-9-27(10-12-28)19-6-4-5-18(26)13-19/h4-8,13H,9-12,14H2,1-3H3.